The first kappa shape index (κ1) is 17.3. The highest BCUT2D eigenvalue weighted by atomic mass is 16.3. The van der Waals surface area contributed by atoms with E-state index in [1.165, 1.54) is 11.6 Å². The zero-order valence-corrected chi connectivity index (χ0v) is 13.1. The number of nitrogen functional groups attached to an aromatic ring is 1. The fourth-order valence-electron chi connectivity index (χ4n) is 2.32. The summed E-state index contributed by atoms with van der Waals surface area (Å²) in [5.74, 6) is 0.231. The number of aliphatic hydroxyl groups excluding tert-OH is 1. The minimum Gasteiger partial charge on any atom is -0.396 e. The summed E-state index contributed by atoms with van der Waals surface area (Å²) >= 11 is 0. The van der Waals surface area contributed by atoms with Crippen LogP contribution in [0.4, 0.5) is 11.5 Å². The molecule has 1 aromatic heterocycles. The molecule has 120 valence electrons. The van der Waals surface area contributed by atoms with Crippen molar-refractivity contribution in [3.63, 3.8) is 0 Å². The molecule has 0 saturated carbocycles. The van der Waals surface area contributed by atoms with Gasteiger partial charge in [0.05, 0.1) is 0 Å². The second-order valence-corrected chi connectivity index (χ2v) is 5.24. The average Bonchev–Trinajstić information content (AvgIpc) is 2.46. The molecule has 7 heteroatoms. The van der Waals surface area contributed by atoms with Crippen molar-refractivity contribution in [1.82, 2.24) is 9.13 Å². The fraction of sp³-hybridized carbons (Fsp3) is 0.714. The Hall–Kier alpha value is -1.76. The molecule has 0 amide bonds. The molecule has 0 aliphatic heterocycles. The number of aliphatic hydroxyl groups is 1. The zero-order chi connectivity index (χ0) is 16.0. The van der Waals surface area contributed by atoms with Crippen molar-refractivity contribution in [2.45, 2.75) is 39.2 Å². The van der Waals surface area contributed by atoms with Crippen LogP contribution in [-0.2, 0) is 13.6 Å². The number of hydrogen-bond acceptors (Lipinski definition) is 5. The van der Waals surface area contributed by atoms with Crippen molar-refractivity contribution in [1.29, 1.82) is 0 Å². The Kier molecular flexibility index (Phi) is 6.48. The van der Waals surface area contributed by atoms with E-state index in [9.17, 15) is 9.59 Å². The number of anilines is 2. The first-order chi connectivity index (χ1) is 9.95. The highest BCUT2D eigenvalue weighted by molar-refractivity contribution is 5.62. The molecule has 21 heavy (non-hydrogen) atoms. The molecule has 0 bridgehead atoms. The molecule has 0 aliphatic carbocycles. The van der Waals surface area contributed by atoms with E-state index in [0.29, 0.717) is 18.8 Å². The molecule has 1 aromatic rings. The van der Waals surface area contributed by atoms with E-state index in [0.717, 1.165) is 30.3 Å². The van der Waals surface area contributed by atoms with Crippen LogP contribution in [0.5, 0.6) is 0 Å². The van der Waals surface area contributed by atoms with Gasteiger partial charge in [0.15, 0.2) is 0 Å². The smallest absolute Gasteiger partial charge is 0.332 e. The summed E-state index contributed by atoms with van der Waals surface area (Å²) in [4.78, 5) is 26.2. The molecule has 0 aromatic carbocycles. The van der Waals surface area contributed by atoms with E-state index in [-0.39, 0.29) is 23.7 Å². The van der Waals surface area contributed by atoms with Gasteiger partial charge in [-0.2, -0.15) is 0 Å². The standard InChI is InChI=1S/C14H26N4O3/c1-4-8-18-12(15)11(13(20)17(3)14(18)21)16(2)9-6-5-7-10-19/h19H,4-10,15H2,1-3H3. The molecule has 0 aliphatic rings. The number of aromatic nitrogens is 2. The van der Waals surface area contributed by atoms with Gasteiger partial charge in [0.2, 0.25) is 0 Å². The normalized spacial score (nSPS) is 10.9. The van der Waals surface area contributed by atoms with E-state index in [2.05, 4.69) is 0 Å². The van der Waals surface area contributed by atoms with E-state index in [1.54, 1.807) is 11.9 Å². The first-order valence-electron chi connectivity index (χ1n) is 7.37. The maximum absolute atomic E-state index is 12.3. The maximum atomic E-state index is 12.3. The molecule has 7 nitrogen and oxygen atoms in total. The lowest BCUT2D eigenvalue weighted by Crippen LogP contribution is -2.42. The van der Waals surface area contributed by atoms with Gasteiger partial charge in [-0.3, -0.25) is 13.9 Å². The minimum absolute atomic E-state index is 0.176. The number of unbranched alkanes of at least 4 members (excludes halogenated alkanes) is 2. The van der Waals surface area contributed by atoms with Gasteiger partial charge in [0.1, 0.15) is 11.5 Å². The predicted molar refractivity (Wildman–Crippen MR) is 84.9 cm³/mol. The van der Waals surface area contributed by atoms with Crippen LogP contribution in [0.25, 0.3) is 0 Å². The quantitative estimate of drug-likeness (QED) is 0.666. The van der Waals surface area contributed by atoms with Crippen LogP contribution in [0.3, 0.4) is 0 Å². The number of nitrogens with zero attached hydrogens (tertiary/aromatic N) is 3. The number of nitrogens with two attached hydrogens (primary N) is 1. The Morgan fingerprint density at radius 1 is 1.24 bits per heavy atom. The van der Waals surface area contributed by atoms with Gasteiger partial charge < -0.3 is 15.7 Å². The lowest BCUT2D eigenvalue weighted by molar-refractivity contribution is 0.283. The van der Waals surface area contributed by atoms with Crippen LogP contribution < -0.4 is 21.9 Å². The average molecular weight is 298 g/mol. The molecule has 0 fully saturated rings. The molecule has 1 heterocycles. The van der Waals surface area contributed by atoms with Crippen LogP contribution in [0.1, 0.15) is 32.6 Å². The highest BCUT2D eigenvalue weighted by Gasteiger charge is 2.17. The summed E-state index contributed by atoms with van der Waals surface area (Å²) < 4.78 is 2.55. The van der Waals surface area contributed by atoms with Gasteiger partial charge in [-0.25, -0.2) is 4.79 Å². The Labute approximate surface area is 124 Å². The molecule has 0 spiro atoms. The van der Waals surface area contributed by atoms with Crippen molar-refractivity contribution >= 4 is 11.5 Å². The molecule has 3 N–H and O–H groups in total. The van der Waals surface area contributed by atoms with Gasteiger partial charge >= 0.3 is 5.69 Å². The van der Waals surface area contributed by atoms with Crippen LogP contribution in [0.2, 0.25) is 0 Å². The Bertz CT molecular complexity index is 577. The van der Waals surface area contributed by atoms with E-state index in [1.807, 2.05) is 6.92 Å². The summed E-state index contributed by atoms with van der Waals surface area (Å²) in [5.41, 5.74) is 5.67. The topological polar surface area (TPSA) is 93.5 Å². The van der Waals surface area contributed by atoms with Crippen molar-refractivity contribution in [2.75, 3.05) is 30.8 Å². The molecule has 1 rings (SSSR count). The molecule has 0 atom stereocenters. The molecular formula is C14H26N4O3. The van der Waals surface area contributed by atoms with Crippen molar-refractivity contribution in [3.05, 3.63) is 20.8 Å². The van der Waals surface area contributed by atoms with Crippen LogP contribution >= 0.6 is 0 Å². The molecule has 0 radical (unpaired) electrons. The minimum atomic E-state index is -0.378. The van der Waals surface area contributed by atoms with Crippen LogP contribution in [0, 0.1) is 0 Å². The summed E-state index contributed by atoms with van der Waals surface area (Å²) in [6.45, 7) is 3.28. The lowest BCUT2D eigenvalue weighted by Gasteiger charge is -2.23. The summed E-state index contributed by atoms with van der Waals surface area (Å²) in [7, 11) is 3.27. The van der Waals surface area contributed by atoms with Crippen molar-refractivity contribution < 1.29 is 5.11 Å². The summed E-state index contributed by atoms with van der Waals surface area (Å²) in [5, 5.41) is 8.77. The van der Waals surface area contributed by atoms with Gasteiger partial charge in [0.25, 0.3) is 5.56 Å². The number of hydrogen-bond donors (Lipinski definition) is 2. The van der Waals surface area contributed by atoms with E-state index < -0.39 is 0 Å². The summed E-state index contributed by atoms with van der Waals surface area (Å²) in [6, 6.07) is 0. The Morgan fingerprint density at radius 2 is 1.90 bits per heavy atom. The SMILES string of the molecule is CCCn1c(N)c(N(C)CCCCCO)c(=O)n(C)c1=O. The lowest BCUT2D eigenvalue weighted by atomic mass is 10.2. The van der Waals surface area contributed by atoms with Gasteiger partial charge in [0, 0.05) is 33.8 Å². The van der Waals surface area contributed by atoms with Crippen molar-refractivity contribution in [2.24, 2.45) is 7.05 Å². The molecule has 0 unspecified atom stereocenters. The predicted octanol–water partition coefficient (Wildman–Crippen LogP) is 0.138. The zero-order valence-electron chi connectivity index (χ0n) is 13.1. The highest BCUT2D eigenvalue weighted by Crippen LogP contribution is 2.16. The van der Waals surface area contributed by atoms with Gasteiger partial charge in [-0.05, 0) is 25.7 Å². The van der Waals surface area contributed by atoms with Crippen LogP contribution in [0.15, 0.2) is 9.59 Å². The fourth-order valence-corrected chi connectivity index (χ4v) is 2.32. The van der Waals surface area contributed by atoms with Crippen LogP contribution in [-0.4, -0.2) is 34.4 Å². The monoisotopic (exact) mass is 298 g/mol. The first-order valence-corrected chi connectivity index (χ1v) is 7.37. The third kappa shape index (κ3) is 3.87. The maximum Gasteiger partial charge on any atom is 0.332 e. The van der Waals surface area contributed by atoms with E-state index >= 15 is 0 Å². The molecular weight excluding hydrogens is 272 g/mol. The Balaban J connectivity index is 3.11. The van der Waals surface area contributed by atoms with Gasteiger partial charge in [-0.15, -0.1) is 0 Å². The Morgan fingerprint density at radius 3 is 2.48 bits per heavy atom. The number of rotatable bonds is 8. The second-order valence-electron chi connectivity index (χ2n) is 5.24. The summed E-state index contributed by atoms with van der Waals surface area (Å²) in [6.07, 6.45) is 3.25. The molecule has 0 saturated heterocycles. The third-order valence-electron chi connectivity index (χ3n) is 3.54. The largest absolute Gasteiger partial charge is 0.396 e. The van der Waals surface area contributed by atoms with Crippen molar-refractivity contribution in [3.8, 4) is 0 Å². The van der Waals surface area contributed by atoms with Gasteiger partial charge in [-0.1, -0.05) is 6.92 Å². The van der Waals surface area contributed by atoms with E-state index in [4.69, 9.17) is 10.8 Å². The third-order valence-corrected chi connectivity index (χ3v) is 3.54. The second kappa shape index (κ2) is 7.87.